The van der Waals surface area contributed by atoms with Crippen LogP contribution in [0.15, 0.2) is 52.0 Å². The van der Waals surface area contributed by atoms with E-state index in [1.54, 1.807) is 6.08 Å². The van der Waals surface area contributed by atoms with Gasteiger partial charge >= 0.3 is 0 Å². The Bertz CT molecular complexity index is 574. The molecule has 21 heavy (non-hydrogen) atoms. The van der Waals surface area contributed by atoms with Gasteiger partial charge in [0, 0.05) is 11.7 Å². The maximum atomic E-state index is 8.84. The van der Waals surface area contributed by atoms with Crippen LogP contribution in [0.2, 0.25) is 0 Å². The molecule has 112 valence electrons. The first-order valence-corrected chi connectivity index (χ1v) is 8.20. The lowest BCUT2D eigenvalue weighted by molar-refractivity contribution is 0.264. The summed E-state index contributed by atoms with van der Waals surface area (Å²) in [6.45, 7) is 4.22. The fourth-order valence-corrected chi connectivity index (χ4v) is 2.77. The summed E-state index contributed by atoms with van der Waals surface area (Å²) >= 11 is 4.26. The van der Waals surface area contributed by atoms with E-state index in [1.807, 2.05) is 30.3 Å². The molecule has 0 aliphatic heterocycles. The molecule has 1 aromatic heterocycles. The maximum Gasteiger partial charge on any atom is 0.269 e. The van der Waals surface area contributed by atoms with Crippen molar-refractivity contribution in [1.82, 2.24) is 5.16 Å². The molecule has 0 saturated carbocycles. The van der Waals surface area contributed by atoms with E-state index in [4.69, 9.17) is 13.8 Å². The second kappa shape index (κ2) is 8.26. The molecular weight excluding hydrogens is 354 g/mol. The van der Waals surface area contributed by atoms with Crippen LogP contribution in [-0.4, -0.2) is 15.5 Å². The number of nitrogens with zero attached hydrogens (tertiary/aromatic N) is 1. The molecule has 0 spiro atoms. The van der Waals surface area contributed by atoms with Crippen LogP contribution in [0.3, 0.4) is 0 Å². The average molecular weight is 370 g/mol. The molecule has 1 aromatic carbocycles. The summed E-state index contributed by atoms with van der Waals surface area (Å²) in [5, 5.41) is 3.95. The Labute approximate surface area is 136 Å². The van der Waals surface area contributed by atoms with Crippen LogP contribution in [0.1, 0.15) is 23.7 Å². The molecule has 0 amide bonds. The van der Waals surface area contributed by atoms with E-state index >= 15 is 0 Å². The monoisotopic (exact) mass is 369 g/mol. The topological polar surface area (TPSA) is 55.5 Å². The predicted molar refractivity (Wildman–Crippen MR) is 87.6 cm³/mol. The third-order valence-corrected chi connectivity index (χ3v) is 4.14. The molecular formula is C15H16BrNO3S. The molecule has 1 heterocycles. The van der Waals surface area contributed by atoms with Gasteiger partial charge in [0.25, 0.3) is 5.88 Å². The van der Waals surface area contributed by atoms with Gasteiger partial charge in [0.15, 0.2) is 5.76 Å². The van der Waals surface area contributed by atoms with Gasteiger partial charge in [-0.3, -0.25) is 0 Å². The van der Waals surface area contributed by atoms with E-state index in [2.05, 4.69) is 27.7 Å². The van der Waals surface area contributed by atoms with Gasteiger partial charge in [-0.2, -0.15) is 0 Å². The zero-order valence-corrected chi connectivity index (χ0v) is 13.8. The van der Waals surface area contributed by atoms with E-state index in [9.17, 15) is 0 Å². The van der Waals surface area contributed by atoms with Crippen molar-refractivity contribution in [3.8, 4) is 5.88 Å². The molecule has 1 N–H and O–H groups in total. The standard InChI is InChI=1S/C15H16BrNO3S/c1-2-12(8-9-21-18)14-13(16)15(17-20-14)19-10-11-6-4-3-5-7-11/h2-7,12,18H,1,8-10H2/t12-/m1/s1. The summed E-state index contributed by atoms with van der Waals surface area (Å²) in [6.07, 6.45) is 2.50. The van der Waals surface area contributed by atoms with E-state index in [-0.39, 0.29) is 5.92 Å². The maximum absolute atomic E-state index is 8.84. The van der Waals surface area contributed by atoms with Crippen LogP contribution in [0.4, 0.5) is 0 Å². The molecule has 0 saturated heterocycles. The lowest BCUT2D eigenvalue weighted by Gasteiger charge is -2.07. The highest BCUT2D eigenvalue weighted by Gasteiger charge is 2.21. The summed E-state index contributed by atoms with van der Waals surface area (Å²) in [5.41, 5.74) is 1.06. The minimum atomic E-state index is -0.0133. The quantitative estimate of drug-likeness (QED) is 0.530. The summed E-state index contributed by atoms with van der Waals surface area (Å²) in [7, 11) is 0. The van der Waals surface area contributed by atoms with Crippen molar-refractivity contribution < 1.29 is 13.8 Å². The first kappa shape index (κ1) is 16.1. The van der Waals surface area contributed by atoms with Crippen molar-refractivity contribution in [2.45, 2.75) is 18.9 Å². The third-order valence-electron chi connectivity index (χ3n) is 2.99. The third kappa shape index (κ3) is 4.36. The van der Waals surface area contributed by atoms with E-state index in [0.717, 1.165) is 24.0 Å². The second-order valence-electron chi connectivity index (χ2n) is 4.40. The summed E-state index contributed by atoms with van der Waals surface area (Å²) < 4.78 is 20.6. The van der Waals surface area contributed by atoms with Gasteiger partial charge in [-0.05, 0) is 45.1 Å². The molecule has 6 heteroatoms. The number of ether oxygens (including phenoxy) is 1. The van der Waals surface area contributed by atoms with Crippen molar-refractivity contribution in [1.29, 1.82) is 0 Å². The Morgan fingerprint density at radius 2 is 2.19 bits per heavy atom. The number of hydrogen-bond acceptors (Lipinski definition) is 5. The normalized spacial score (nSPS) is 12.1. The van der Waals surface area contributed by atoms with Gasteiger partial charge in [0.05, 0.1) is 0 Å². The molecule has 2 rings (SSSR count). The minimum Gasteiger partial charge on any atom is -0.470 e. The van der Waals surface area contributed by atoms with E-state index in [0.29, 0.717) is 28.5 Å². The average Bonchev–Trinajstić information content (AvgIpc) is 2.88. The summed E-state index contributed by atoms with van der Waals surface area (Å²) in [4.78, 5) is 0. The Hall–Kier alpha value is -1.24. The van der Waals surface area contributed by atoms with Crippen molar-refractivity contribution in [3.63, 3.8) is 0 Å². The Kier molecular flexibility index (Phi) is 6.35. The van der Waals surface area contributed by atoms with E-state index < -0.39 is 0 Å². The molecule has 0 radical (unpaired) electrons. The van der Waals surface area contributed by atoms with E-state index in [1.165, 1.54) is 0 Å². The molecule has 0 aliphatic rings. The number of allylic oxidation sites excluding steroid dienone is 1. The smallest absolute Gasteiger partial charge is 0.269 e. The fourth-order valence-electron chi connectivity index (χ4n) is 1.86. The summed E-state index contributed by atoms with van der Waals surface area (Å²) in [6, 6.07) is 9.85. The van der Waals surface area contributed by atoms with Gasteiger partial charge in [0.1, 0.15) is 11.1 Å². The highest BCUT2D eigenvalue weighted by molar-refractivity contribution is 9.10. The fraction of sp³-hybridized carbons (Fsp3) is 0.267. The predicted octanol–water partition coefficient (Wildman–Crippen LogP) is 4.88. The van der Waals surface area contributed by atoms with Gasteiger partial charge < -0.3 is 13.8 Å². The highest BCUT2D eigenvalue weighted by atomic mass is 79.9. The second-order valence-corrected chi connectivity index (χ2v) is 5.86. The van der Waals surface area contributed by atoms with Crippen molar-refractivity contribution in [2.24, 2.45) is 0 Å². The van der Waals surface area contributed by atoms with Gasteiger partial charge in [-0.15, -0.1) is 6.58 Å². The minimum absolute atomic E-state index is 0.0133. The zero-order chi connectivity index (χ0) is 15.1. The van der Waals surface area contributed by atoms with Crippen LogP contribution in [0.5, 0.6) is 5.88 Å². The van der Waals surface area contributed by atoms with Gasteiger partial charge in [-0.25, -0.2) is 0 Å². The zero-order valence-electron chi connectivity index (χ0n) is 11.4. The van der Waals surface area contributed by atoms with Crippen LogP contribution in [0.25, 0.3) is 0 Å². The Morgan fingerprint density at radius 3 is 2.86 bits per heavy atom. The molecule has 0 unspecified atom stereocenters. The molecule has 4 nitrogen and oxygen atoms in total. The van der Waals surface area contributed by atoms with Crippen molar-refractivity contribution in [3.05, 3.63) is 58.8 Å². The highest BCUT2D eigenvalue weighted by Crippen LogP contribution is 2.35. The molecule has 0 bridgehead atoms. The van der Waals surface area contributed by atoms with Crippen LogP contribution < -0.4 is 4.74 Å². The largest absolute Gasteiger partial charge is 0.470 e. The Morgan fingerprint density at radius 1 is 1.43 bits per heavy atom. The summed E-state index contributed by atoms with van der Waals surface area (Å²) in [5.74, 6) is 1.68. The SMILES string of the molecule is C=C[C@H](CCSO)c1onc(OCc2ccccc2)c1Br. The van der Waals surface area contributed by atoms with Crippen molar-refractivity contribution in [2.75, 3.05) is 5.75 Å². The van der Waals surface area contributed by atoms with Gasteiger partial charge in [0.2, 0.25) is 0 Å². The van der Waals surface area contributed by atoms with Gasteiger partial charge in [-0.1, -0.05) is 36.4 Å². The number of rotatable bonds is 8. The first-order chi connectivity index (χ1) is 10.3. The van der Waals surface area contributed by atoms with Crippen LogP contribution in [0, 0.1) is 0 Å². The number of aromatic nitrogens is 1. The first-order valence-electron chi connectivity index (χ1n) is 6.47. The number of halogens is 1. The lowest BCUT2D eigenvalue weighted by atomic mass is 10.0. The molecule has 0 aliphatic carbocycles. The number of hydrogen-bond donors (Lipinski definition) is 1. The Balaban J connectivity index is 2.04. The lowest BCUT2D eigenvalue weighted by Crippen LogP contribution is -1.97. The molecule has 1 atom stereocenters. The molecule has 2 aromatic rings. The van der Waals surface area contributed by atoms with Crippen molar-refractivity contribution >= 4 is 28.0 Å². The molecule has 0 fully saturated rings. The van der Waals surface area contributed by atoms with Crippen LogP contribution >= 0.6 is 28.0 Å². The van der Waals surface area contributed by atoms with Crippen LogP contribution in [-0.2, 0) is 6.61 Å². The number of benzene rings is 1.